The number of carbonyl (C=O) groups is 2. The van der Waals surface area contributed by atoms with Crippen molar-refractivity contribution in [3.8, 4) is 11.3 Å². The van der Waals surface area contributed by atoms with Crippen molar-refractivity contribution in [2.75, 3.05) is 22.4 Å². The lowest BCUT2D eigenvalue weighted by Crippen LogP contribution is -2.31. The fourth-order valence-corrected chi connectivity index (χ4v) is 5.25. The van der Waals surface area contributed by atoms with Crippen LogP contribution in [-0.2, 0) is 14.8 Å². The van der Waals surface area contributed by atoms with E-state index in [-0.39, 0.29) is 22.3 Å². The lowest BCUT2D eigenvalue weighted by molar-refractivity contribution is -0.113. The summed E-state index contributed by atoms with van der Waals surface area (Å²) in [6.45, 7) is 3.38. The number of nitrogens with one attached hydrogen (secondary N) is 1. The van der Waals surface area contributed by atoms with Gasteiger partial charge in [-0.2, -0.15) is 0 Å². The predicted octanol–water partition coefficient (Wildman–Crippen LogP) is 3.52. The van der Waals surface area contributed by atoms with Gasteiger partial charge in [-0.1, -0.05) is 35.5 Å². The maximum absolute atomic E-state index is 12.9. The van der Waals surface area contributed by atoms with E-state index >= 15 is 0 Å². The van der Waals surface area contributed by atoms with Crippen molar-refractivity contribution >= 4 is 44.9 Å². The van der Waals surface area contributed by atoms with E-state index in [2.05, 4.69) is 15.3 Å². The number of nitrogens with zero attached hydrogens (tertiary/aromatic N) is 3. The summed E-state index contributed by atoms with van der Waals surface area (Å²) in [6, 6.07) is 12.2. The minimum atomic E-state index is -3.75. The molecule has 3 aromatic rings. The smallest absolute Gasteiger partial charge is 0.267 e. The maximum Gasteiger partial charge on any atom is 0.267 e. The number of sulfonamides is 1. The molecule has 0 fully saturated rings. The normalized spacial score (nSPS) is 13.8. The van der Waals surface area contributed by atoms with E-state index in [1.54, 1.807) is 30.3 Å². The number of Topliss-reactive ketones (excluding diaryl/α,β-unsaturated/α-hetero) is 1. The highest BCUT2D eigenvalue weighted by atomic mass is 32.2. The monoisotopic (exact) mass is 468 g/mol. The first kappa shape index (κ1) is 22.0. The first-order chi connectivity index (χ1) is 15.2. The molecule has 164 valence electrons. The molecule has 0 spiro atoms. The number of ketones is 1. The van der Waals surface area contributed by atoms with Crippen LogP contribution >= 0.6 is 11.8 Å². The standard InChI is InChI=1S/C22H20N4O4S2/c1-13-7-8-18-17(9-13)21-19(32(29,30)26(18)3)11-23-22(25-21)31-12-20(28)24-16-6-4-5-15(10-16)14(2)27/h4-11H,12H2,1-3H3,(H,24,28). The van der Waals surface area contributed by atoms with Crippen molar-refractivity contribution in [3.63, 3.8) is 0 Å². The van der Waals surface area contributed by atoms with Gasteiger partial charge >= 0.3 is 0 Å². The number of aromatic nitrogens is 2. The molecule has 1 aliphatic rings. The van der Waals surface area contributed by atoms with Crippen LogP contribution in [0.5, 0.6) is 0 Å². The number of hydrogen-bond acceptors (Lipinski definition) is 7. The third-order valence-electron chi connectivity index (χ3n) is 5.00. The zero-order chi connectivity index (χ0) is 23.0. The highest BCUT2D eigenvalue weighted by molar-refractivity contribution is 7.99. The highest BCUT2D eigenvalue weighted by Gasteiger charge is 2.34. The minimum Gasteiger partial charge on any atom is -0.325 e. The van der Waals surface area contributed by atoms with Crippen molar-refractivity contribution < 1.29 is 18.0 Å². The molecule has 1 aromatic heterocycles. The molecular formula is C22H20N4O4S2. The van der Waals surface area contributed by atoms with E-state index in [4.69, 9.17) is 0 Å². The van der Waals surface area contributed by atoms with Crippen molar-refractivity contribution in [2.45, 2.75) is 23.9 Å². The van der Waals surface area contributed by atoms with Gasteiger partial charge in [0.25, 0.3) is 10.0 Å². The molecule has 2 heterocycles. The van der Waals surface area contributed by atoms with Gasteiger partial charge < -0.3 is 5.32 Å². The molecule has 1 amide bonds. The molecule has 1 aliphatic heterocycles. The third kappa shape index (κ3) is 4.11. The number of amides is 1. The average molecular weight is 469 g/mol. The van der Waals surface area contributed by atoms with Crippen LogP contribution in [0.3, 0.4) is 0 Å². The fraction of sp³-hybridized carbons (Fsp3) is 0.182. The Morgan fingerprint density at radius 3 is 2.69 bits per heavy atom. The molecule has 0 radical (unpaired) electrons. The van der Waals surface area contributed by atoms with E-state index in [9.17, 15) is 18.0 Å². The Balaban J connectivity index is 1.56. The van der Waals surface area contributed by atoms with Gasteiger partial charge in [0.05, 0.1) is 23.3 Å². The zero-order valence-electron chi connectivity index (χ0n) is 17.6. The molecule has 4 rings (SSSR count). The van der Waals surface area contributed by atoms with E-state index in [1.165, 1.54) is 24.5 Å². The molecule has 0 saturated heterocycles. The first-order valence-corrected chi connectivity index (χ1v) is 12.1. The number of benzene rings is 2. The second kappa shape index (κ2) is 8.36. The highest BCUT2D eigenvalue weighted by Crippen LogP contribution is 2.41. The van der Waals surface area contributed by atoms with Crippen LogP contribution in [0.2, 0.25) is 0 Å². The Kier molecular flexibility index (Phi) is 5.74. The summed E-state index contributed by atoms with van der Waals surface area (Å²) in [4.78, 5) is 32.5. The van der Waals surface area contributed by atoms with Crippen LogP contribution in [0.1, 0.15) is 22.8 Å². The molecule has 1 N–H and O–H groups in total. The fourth-order valence-electron chi connectivity index (χ4n) is 3.34. The minimum absolute atomic E-state index is 0.0242. The van der Waals surface area contributed by atoms with Gasteiger partial charge in [-0.05, 0) is 38.1 Å². The van der Waals surface area contributed by atoms with Gasteiger partial charge in [-0.25, -0.2) is 18.4 Å². The quantitative estimate of drug-likeness (QED) is 0.347. The van der Waals surface area contributed by atoms with Gasteiger partial charge in [0, 0.05) is 23.9 Å². The lowest BCUT2D eigenvalue weighted by atomic mass is 10.1. The van der Waals surface area contributed by atoms with Crippen LogP contribution in [0.25, 0.3) is 11.3 Å². The third-order valence-corrected chi connectivity index (χ3v) is 7.64. The molecule has 0 unspecified atom stereocenters. The Morgan fingerprint density at radius 2 is 1.94 bits per heavy atom. The number of aryl methyl sites for hydroxylation is 1. The Hall–Kier alpha value is -3.24. The second-order valence-electron chi connectivity index (χ2n) is 7.33. The van der Waals surface area contributed by atoms with Crippen molar-refractivity contribution in [1.29, 1.82) is 0 Å². The summed E-state index contributed by atoms with van der Waals surface area (Å²) in [5.41, 5.74) is 3.57. The molecule has 10 heteroatoms. The summed E-state index contributed by atoms with van der Waals surface area (Å²) in [7, 11) is -2.25. The number of carbonyl (C=O) groups excluding carboxylic acids is 2. The SMILES string of the molecule is CC(=O)c1cccc(NC(=O)CSc2ncc3c(n2)-c2cc(C)ccc2N(C)S3(=O)=O)c1. The number of hydrogen-bond donors (Lipinski definition) is 1. The van der Waals surface area contributed by atoms with Gasteiger partial charge in [-0.15, -0.1) is 0 Å². The number of anilines is 2. The Bertz CT molecular complexity index is 1360. The molecule has 32 heavy (non-hydrogen) atoms. The van der Waals surface area contributed by atoms with Crippen LogP contribution in [0, 0.1) is 6.92 Å². The molecule has 8 nitrogen and oxygen atoms in total. The summed E-state index contributed by atoms with van der Waals surface area (Å²) >= 11 is 1.10. The average Bonchev–Trinajstić information content (AvgIpc) is 2.76. The van der Waals surface area contributed by atoms with Gasteiger partial charge in [0.1, 0.15) is 4.90 Å². The van der Waals surface area contributed by atoms with Crippen molar-refractivity contribution in [2.24, 2.45) is 0 Å². The summed E-state index contributed by atoms with van der Waals surface area (Å²) in [6.07, 6.45) is 1.29. The largest absolute Gasteiger partial charge is 0.325 e. The maximum atomic E-state index is 12.9. The van der Waals surface area contributed by atoms with Crippen LogP contribution in [-0.4, -0.2) is 42.9 Å². The van der Waals surface area contributed by atoms with E-state index in [0.29, 0.717) is 33.4 Å². The zero-order valence-corrected chi connectivity index (χ0v) is 19.3. The van der Waals surface area contributed by atoms with Crippen LogP contribution in [0.4, 0.5) is 11.4 Å². The molecule has 0 bridgehead atoms. The van der Waals surface area contributed by atoms with Crippen molar-refractivity contribution in [1.82, 2.24) is 9.97 Å². The number of fused-ring (bicyclic) bond motifs is 3. The van der Waals surface area contributed by atoms with E-state index < -0.39 is 10.0 Å². The summed E-state index contributed by atoms with van der Waals surface area (Å²) in [5, 5.41) is 3.04. The van der Waals surface area contributed by atoms with Gasteiger partial charge in [-0.3, -0.25) is 13.9 Å². The molecular weight excluding hydrogens is 448 g/mol. The van der Waals surface area contributed by atoms with E-state index in [0.717, 1.165) is 17.3 Å². The summed E-state index contributed by atoms with van der Waals surface area (Å²) in [5.74, 6) is -0.356. The van der Waals surface area contributed by atoms with Gasteiger partial charge in [0.15, 0.2) is 10.9 Å². The lowest BCUT2D eigenvalue weighted by Gasteiger charge is -2.28. The first-order valence-electron chi connectivity index (χ1n) is 9.67. The van der Waals surface area contributed by atoms with Crippen LogP contribution < -0.4 is 9.62 Å². The Morgan fingerprint density at radius 1 is 1.16 bits per heavy atom. The van der Waals surface area contributed by atoms with Gasteiger partial charge in [0.2, 0.25) is 5.91 Å². The predicted molar refractivity (Wildman–Crippen MR) is 124 cm³/mol. The molecule has 0 atom stereocenters. The molecule has 2 aromatic carbocycles. The summed E-state index contributed by atoms with van der Waals surface area (Å²) < 4.78 is 26.9. The molecule has 0 saturated carbocycles. The van der Waals surface area contributed by atoms with Crippen LogP contribution in [0.15, 0.2) is 58.7 Å². The number of rotatable bonds is 5. The number of thioether (sulfide) groups is 1. The van der Waals surface area contributed by atoms with Crippen molar-refractivity contribution in [3.05, 3.63) is 59.8 Å². The molecule has 0 aliphatic carbocycles. The van der Waals surface area contributed by atoms with E-state index in [1.807, 2.05) is 19.1 Å². The second-order valence-corrected chi connectivity index (χ2v) is 10.2. The topological polar surface area (TPSA) is 109 Å². The Labute approximate surface area is 190 Å².